The van der Waals surface area contributed by atoms with Crippen LogP contribution < -0.4 is 10.5 Å². The van der Waals surface area contributed by atoms with Crippen molar-refractivity contribution in [2.45, 2.75) is 19.8 Å². The van der Waals surface area contributed by atoms with Gasteiger partial charge < -0.3 is 10.5 Å². The number of nitrogens with zero attached hydrogens (tertiary/aromatic N) is 1. The van der Waals surface area contributed by atoms with Gasteiger partial charge in [-0.15, -0.1) is 11.3 Å². The lowest BCUT2D eigenvalue weighted by Crippen LogP contribution is -2.01. The summed E-state index contributed by atoms with van der Waals surface area (Å²) in [6, 6.07) is 8.17. The molecule has 4 heteroatoms. The molecule has 1 heterocycles. The van der Waals surface area contributed by atoms with Crippen LogP contribution in [0.4, 0.5) is 0 Å². The molecule has 0 radical (unpaired) electrons. The number of hydrogen-bond donors (Lipinski definition) is 1. The molecule has 0 bridgehead atoms. The van der Waals surface area contributed by atoms with E-state index >= 15 is 0 Å². The number of nitrogens with two attached hydrogens (primary N) is 1. The van der Waals surface area contributed by atoms with Crippen LogP contribution in [0.15, 0.2) is 24.3 Å². The van der Waals surface area contributed by atoms with Gasteiger partial charge in [-0.05, 0) is 31.2 Å². The van der Waals surface area contributed by atoms with Gasteiger partial charge in [-0.2, -0.15) is 0 Å². The topological polar surface area (TPSA) is 48.1 Å². The van der Waals surface area contributed by atoms with Crippen LogP contribution in [-0.4, -0.2) is 18.6 Å². The van der Waals surface area contributed by atoms with Crippen LogP contribution in [-0.2, 0) is 12.8 Å². The molecule has 0 aliphatic carbocycles. The average Bonchev–Trinajstić information content (AvgIpc) is 2.70. The third-order valence-electron chi connectivity index (χ3n) is 2.79. The van der Waals surface area contributed by atoms with E-state index in [2.05, 4.69) is 24.0 Å². The number of methoxy groups -OCH3 is 1. The SMILES string of the molecule is COc1cccc(Cc2sc(CCN)nc2C)c1. The summed E-state index contributed by atoms with van der Waals surface area (Å²) < 4.78 is 5.24. The van der Waals surface area contributed by atoms with Crippen LogP contribution in [0.2, 0.25) is 0 Å². The predicted octanol–water partition coefficient (Wildman–Crippen LogP) is 2.55. The summed E-state index contributed by atoms with van der Waals surface area (Å²) in [4.78, 5) is 5.86. The summed E-state index contributed by atoms with van der Waals surface area (Å²) in [6.45, 7) is 2.72. The highest BCUT2D eigenvalue weighted by Crippen LogP contribution is 2.23. The van der Waals surface area contributed by atoms with E-state index in [-0.39, 0.29) is 0 Å². The summed E-state index contributed by atoms with van der Waals surface area (Å²) in [6.07, 6.45) is 1.77. The van der Waals surface area contributed by atoms with Crippen molar-refractivity contribution in [2.75, 3.05) is 13.7 Å². The van der Waals surface area contributed by atoms with Gasteiger partial charge in [0.2, 0.25) is 0 Å². The maximum atomic E-state index is 5.56. The number of benzene rings is 1. The Bertz CT molecular complexity index is 522. The van der Waals surface area contributed by atoms with Crippen molar-refractivity contribution < 1.29 is 4.74 Å². The molecular formula is C14H18N2OS. The molecule has 0 aliphatic heterocycles. The van der Waals surface area contributed by atoms with Gasteiger partial charge in [0.05, 0.1) is 17.8 Å². The van der Waals surface area contributed by atoms with E-state index < -0.39 is 0 Å². The third-order valence-corrected chi connectivity index (χ3v) is 4.01. The Morgan fingerprint density at radius 1 is 1.39 bits per heavy atom. The molecule has 2 aromatic rings. The molecular weight excluding hydrogens is 244 g/mol. The van der Waals surface area contributed by atoms with E-state index in [1.54, 1.807) is 18.4 Å². The van der Waals surface area contributed by atoms with Crippen molar-refractivity contribution in [3.8, 4) is 5.75 Å². The smallest absolute Gasteiger partial charge is 0.119 e. The average molecular weight is 262 g/mol. The van der Waals surface area contributed by atoms with Crippen molar-refractivity contribution >= 4 is 11.3 Å². The van der Waals surface area contributed by atoms with Gasteiger partial charge in [0, 0.05) is 17.7 Å². The van der Waals surface area contributed by atoms with E-state index in [1.165, 1.54) is 10.4 Å². The maximum Gasteiger partial charge on any atom is 0.119 e. The quantitative estimate of drug-likeness (QED) is 0.901. The van der Waals surface area contributed by atoms with Crippen LogP contribution in [0.25, 0.3) is 0 Å². The Labute approximate surface area is 112 Å². The van der Waals surface area contributed by atoms with Gasteiger partial charge in [0.1, 0.15) is 5.75 Å². The summed E-state index contributed by atoms with van der Waals surface area (Å²) >= 11 is 1.76. The van der Waals surface area contributed by atoms with Gasteiger partial charge in [-0.1, -0.05) is 12.1 Å². The first-order valence-electron chi connectivity index (χ1n) is 6.01. The fourth-order valence-corrected chi connectivity index (χ4v) is 2.97. The molecule has 0 saturated heterocycles. The van der Waals surface area contributed by atoms with Gasteiger partial charge in [-0.3, -0.25) is 0 Å². The Morgan fingerprint density at radius 3 is 2.94 bits per heavy atom. The molecule has 1 aromatic carbocycles. The molecule has 0 unspecified atom stereocenters. The number of aryl methyl sites for hydroxylation is 1. The molecule has 0 spiro atoms. The second-order valence-electron chi connectivity index (χ2n) is 4.18. The lowest BCUT2D eigenvalue weighted by molar-refractivity contribution is 0.414. The zero-order valence-electron chi connectivity index (χ0n) is 10.8. The normalized spacial score (nSPS) is 10.6. The molecule has 0 fully saturated rings. The minimum absolute atomic E-state index is 0.658. The fraction of sp³-hybridized carbons (Fsp3) is 0.357. The van der Waals surface area contributed by atoms with Gasteiger partial charge >= 0.3 is 0 Å². The Hall–Kier alpha value is -1.39. The minimum Gasteiger partial charge on any atom is -0.497 e. The molecule has 0 atom stereocenters. The summed E-state index contributed by atoms with van der Waals surface area (Å²) in [7, 11) is 1.69. The van der Waals surface area contributed by atoms with E-state index in [9.17, 15) is 0 Å². The lowest BCUT2D eigenvalue weighted by atomic mass is 10.1. The second kappa shape index (κ2) is 5.98. The Balaban J connectivity index is 2.17. The molecule has 3 nitrogen and oxygen atoms in total. The van der Waals surface area contributed by atoms with Crippen LogP contribution in [0.3, 0.4) is 0 Å². The molecule has 0 amide bonds. The van der Waals surface area contributed by atoms with Crippen LogP contribution in [0.5, 0.6) is 5.75 Å². The Kier molecular flexibility index (Phi) is 4.33. The fourth-order valence-electron chi connectivity index (χ4n) is 1.85. The molecule has 1 aromatic heterocycles. The van der Waals surface area contributed by atoms with E-state index in [0.29, 0.717) is 6.54 Å². The Morgan fingerprint density at radius 2 is 2.22 bits per heavy atom. The van der Waals surface area contributed by atoms with Crippen molar-refractivity contribution in [3.63, 3.8) is 0 Å². The van der Waals surface area contributed by atoms with Crippen molar-refractivity contribution in [3.05, 3.63) is 45.4 Å². The molecule has 0 saturated carbocycles. The number of thiazole rings is 1. The third kappa shape index (κ3) is 3.09. The van der Waals surface area contributed by atoms with Crippen molar-refractivity contribution in [1.82, 2.24) is 4.98 Å². The van der Waals surface area contributed by atoms with Crippen LogP contribution in [0.1, 0.15) is 21.1 Å². The molecule has 2 rings (SSSR count). The van der Waals surface area contributed by atoms with Crippen molar-refractivity contribution in [1.29, 1.82) is 0 Å². The second-order valence-corrected chi connectivity index (χ2v) is 5.35. The number of hydrogen-bond acceptors (Lipinski definition) is 4. The standard InChI is InChI=1S/C14H18N2OS/c1-10-13(18-14(16-10)6-7-15)9-11-4-3-5-12(8-11)17-2/h3-5,8H,6-7,9,15H2,1-2H3. The molecule has 2 N–H and O–H groups in total. The zero-order valence-corrected chi connectivity index (χ0v) is 11.6. The van der Waals surface area contributed by atoms with Crippen LogP contribution in [0, 0.1) is 6.92 Å². The number of rotatable bonds is 5. The molecule has 96 valence electrons. The lowest BCUT2D eigenvalue weighted by Gasteiger charge is -2.03. The first-order chi connectivity index (χ1) is 8.72. The summed E-state index contributed by atoms with van der Waals surface area (Å²) in [5.41, 5.74) is 7.93. The molecule has 0 aliphatic rings. The van der Waals surface area contributed by atoms with Gasteiger partial charge in [-0.25, -0.2) is 4.98 Å². The summed E-state index contributed by atoms with van der Waals surface area (Å²) in [5.74, 6) is 0.900. The first kappa shape index (κ1) is 13.1. The number of ether oxygens (including phenoxy) is 1. The minimum atomic E-state index is 0.658. The number of aromatic nitrogens is 1. The van der Waals surface area contributed by atoms with Crippen molar-refractivity contribution in [2.24, 2.45) is 5.73 Å². The van der Waals surface area contributed by atoms with Crippen LogP contribution >= 0.6 is 11.3 Å². The van der Waals surface area contributed by atoms with E-state index in [0.717, 1.165) is 29.3 Å². The van der Waals surface area contributed by atoms with E-state index in [1.807, 2.05) is 12.1 Å². The maximum absolute atomic E-state index is 5.56. The first-order valence-corrected chi connectivity index (χ1v) is 6.82. The van der Waals surface area contributed by atoms with Gasteiger partial charge in [0.15, 0.2) is 0 Å². The summed E-state index contributed by atoms with van der Waals surface area (Å²) in [5, 5.41) is 1.13. The zero-order chi connectivity index (χ0) is 13.0. The van der Waals surface area contributed by atoms with E-state index in [4.69, 9.17) is 10.5 Å². The highest BCUT2D eigenvalue weighted by molar-refractivity contribution is 7.11. The molecule has 18 heavy (non-hydrogen) atoms. The largest absolute Gasteiger partial charge is 0.497 e. The monoisotopic (exact) mass is 262 g/mol. The highest BCUT2D eigenvalue weighted by atomic mass is 32.1. The predicted molar refractivity (Wildman–Crippen MR) is 75.4 cm³/mol. The van der Waals surface area contributed by atoms with Gasteiger partial charge in [0.25, 0.3) is 0 Å². The highest BCUT2D eigenvalue weighted by Gasteiger charge is 2.08.